The first-order chi connectivity index (χ1) is 13.4. The molecule has 0 bridgehead atoms. The highest BCUT2D eigenvalue weighted by Crippen LogP contribution is 2.36. The molecule has 0 spiro atoms. The van der Waals surface area contributed by atoms with Crippen LogP contribution in [0, 0.1) is 0 Å². The molecule has 27 heavy (non-hydrogen) atoms. The Bertz CT molecular complexity index is 1460. The molecule has 0 saturated heterocycles. The van der Waals surface area contributed by atoms with E-state index in [1.54, 1.807) is 0 Å². The number of hydrogen-bond donors (Lipinski definition) is 0. The molecule has 3 heteroatoms. The fourth-order valence-corrected chi connectivity index (χ4v) is 4.06. The van der Waals surface area contributed by atoms with Gasteiger partial charge in [-0.25, -0.2) is 4.98 Å². The molecule has 0 saturated carbocycles. The van der Waals surface area contributed by atoms with Crippen LogP contribution >= 0.6 is 0 Å². The van der Waals surface area contributed by atoms with Crippen LogP contribution in [0.1, 0.15) is 0 Å². The predicted molar refractivity (Wildman–Crippen MR) is 111 cm³/mol. The molecule has 0 aliphatic heterocycles. The average Bonchev–Trinajstić information content (AvgIpc) is 3.14. The van der Waals surface area contributed by atoms with Crippen LogP contribution in [0.4, 0.5) is 0 Å². The Morgan fingerprint density at radius 3 is 2.30 bits per heavy atom. The molecule has 0 unspecified atom stereocenters. The summed E-state index contributed by atoms with van der Waals surface area (Å²) in [5.41, 5.74) is 7.53. The Morgan fingerprint density at radius 1 is 0.667 bits per heavy atom. The number of rotatable bonds is 1. The first-order valence-corrected chi connectivity index (χ1v) is 9.04. The summed E-state index contributed by atoms with van der Waals surface area (Å²) in [4.78, 5) is 9.77. The highest BCUT2D eigenvalue weighted by atomic mass is 15.0. The number of nitrogens with zero attached hydrogens (tertiary/aromatic N) is 3. The fourth-order valence-electron chi connectivity index (χ4n) is 4.06. The molecule has 3 aromatic heterocycles. The summed E-state index contributed by atoms with van der Waals surface area (Å²) in [6, 6.07) is 29.3. The fraction of sp³-hybridized carbons (Fsp3) is 0. The predicted octanol–water partition coefficient (Wildman–Crippen LogP) is 5.86. The van der Waals surface area contributed by atoms with Crippen LogP contribution in [-0.2, 0) is 0 Å². The third kappa shape index (κ3) is 1.97. The van der Waals surface area contributed by atoms with E-state index < -0.39 is 0 Å². The maximum atomic E-state index is 5.00. The number of pyridine rings is 2. The number of para-hydroxylation sites is 3. The van der Waals surface area contributed by atoms with Gasteiger partial charge in [-0.2, -0.15) is 0 Å². The number of benzene rings is 3. The van der Waals surface area contributed by atoms with E-state index in [1.807, 2.05) is 18.3 Å². The normalized spacial score (nSPS) is 11.7. The minimum absolute atomic E-state index is 0.955. The summed E-state index contributed by atoms with van der Waals surface area (Å²) in [6.45, 7) is 0. The van der Waals surface area contributed by atoms with E-state index in [0.717, 1.165) is 44.0 Å². The lowest BCUT2D eigenvalue weighted by Gasteiger charge is -2.12. The van der Waals surface area contributed by atoms with Gasteiger partial charge >= 0.3 is 0 Å². The zero-order valence-corrected chi connectivity index (χ0v) is 14.5. The number of hydrogen-bond acceptors (Lipinski definition) is 2. The highest BCUT2D eigenvalue weighted by molar-refractivity contribution is 6.16. The highest BCUT2D eigenvalue weighted by Gasteiger charge is 2.17. The summed E-state index contributed by atoms with van der Waals surface area (Å²) >= 11 is 0. The molecule has 3 nitrogen and oxygen atoms in total. The third-order valence-electron chi connectivity index (χ3n) is 5.22. The molecule has 0 fully saturated rings. The van der Waals surface area contributed by atoms with Crippen LogP contribution in [0.2, 0.25) is 0 Å². The molecule has 0 aliphatic rings. The van der Waals surface area contributed by atoms with Crippen molar-refractivity contribution in [2.45, 2.75) is 0 Å². The van der Waals surface area contributed by atoms with Gasteiger partial charge in [-0.15, -0.1) is 0 Å². The van der Waals surface area contributed by atoms with Gasteiger partial charge in [0.25, 0.3) is 0 Å². The van der Waals surface area contributed by atoms with Gasteiger partial charge in [0.2, 0.25) is 0 Å². The lowest BCUT2D eigenvalue weighted by Crippen LogP contribution is -1.94. The van der Waals surface area contributed by atoms with Crippen molar-refractivity contribution in [2.24, 2.45) is 0 Å². The van der Waals surface area contributed by atoms with E-state index in [-0.39, 0.29) is 0 Å². The van der Waals surface area contributed by atoms with E-state index in [2.05, 4.69) is 77.2 Å². The van der Waals surface area contributed by atoms with Crippen LogP contribution < -0.4 is 0 Å². The Kier molecular flexibility index (Phi) is 2.88. The first-order valence-electron chi connectivity index (χ1n) is 9.04. The SMILES string of the molecule is c1ccc(-c2ccnc3c4ccccc4n4c5ccccc5nc4c23)cc1. The Labute approximate surface area is 155 Å². The lowest BCUT2D eigenvalue weighted by atomic mass is 10.0. The van der Waals surface area contributed by atoms with Crippen molar-refractivity contribution in [1.82, 2.24) is 14.4 Å². The van der Waals surface area contributed by atoms with Gasteiger partial charge in [0.15, 0.2) is 0 Å². The van der Waals surface area contributed by atoms with E-state index in [9.17, 15) is 0 Å². The lowest BCUT2D eigenvalue weighted by molar-refractivity contribution is 1.30. The van der Waals surface area contributed by atoms with Crippen molar-refractivity contribution >= 4 is 38.5 Å². The minimum Gasteiger partial charge on any atom is -0.292 e. The molecule has 3 aromatic carbocycles. The zero-order valence-electron chi connectivity index (χ0n) is 14.5. The number of imidazole rings is 1. The Balaban J connectivity index is 1.96. The Hall–Kier alpha value is -3.72. The first kappa shape index (κ1) is 14.4. The van der Waals surface area contributed by atoms with Gasteiger partial charge in [-0.3, -0.25) is 9.38 Å². The summed E-state index contributed by atoms with van der Waals surface area (Å²) < 4.78 is 2.26. The van der Waals surface area contributed by atoms with Crippen LogP contribution in [0.5, 0.6) is 0 Å². The molecule has 0 atom stereocenters. The Morgan fingerprint density at radius 2 is 1.41 bits per heavy atom. The van der Waals surface area contributed by atoms with Gasteiger partial charge in [0.1, 0.15) is 5.65 Å². The topological polar surface area (TPSA) is 30.2 Å². The van der Waals surface area contributed by atoms with Crippen LogP contribution in [0.25, 0.3) is 49.6 Å². The number of aromatic nitrogens is 3. The van der Waals surface area contributed by atoms with Crippen LogP contribution in [0.3, 0.4) is 0 Å². The molecular weight excluding hydrogens is 330 g/mol. The van der Waals surface area contributed by atoms with E-state index in [4.69, 9.17) is 9.97 Å². The number of fused-ring (bicyclic) bond motifs is 8. The second-order valence-electron chi connectivity index (χ2n) is 6.72. The van der Waals surface area contributed by atoms with E-state index in [0.29, 0.717) is 0 Å². The second-order valence-corrected chi connectivity index (χ2v) is 6.72. The molecule has 0 amide bonds. The summed E-state index contributed by atoms with van der Waals surface area (Å²) in [5.74, 6) is 0. The summed E-state index contributed by atoms with van der Waals surface area (Å²) in [7, 11) is 0. The van der Waals surface area contributed by atoms with Gasteiger partial charge in [-0.05, 0) is 35.4 Å². The van der Waals surface area contributed by atoms with Crippen LogP contribution in [-0.4, -0.2) is 14.4 Å². The van der Waals surface area contributed by atoms with Gasteiger partial charge in [0, 0.05) is 11.6 Å². The molecule has 0 N–H and O–H groups in total. The second kappa shape index (κ2) is 5.39. The van der Waals surface area contributed by atoms with Crippen LogP contribution in [0.15, 0.2) is 91.1 Å². The third-order valence-corrected chi connectivity index (χ3v) is 5.22. The quantitative estimate of drug-likeness (QED) is 0.350. The summed E-state index contributed by atoms with van der Waals surface area (Å²) in [6.07, 6.45) is 1.90. The van der Waals surface area contributed by atoms with E-state index >= 15 is 0 Å². The van der Waals surface area contributed by atoms with Crippen molar-refractivity contribution < 1.29 is 0 Å². The molecule has 6 aromatic rings. The van der Waals surface area contributed by atoms with Crippen molar-refractivity contribution in [3.63, 3.8) is 0 Å². The maximum Gasteiger partial charge on any atom is 0.148 e. The average molecular weight is 345 g/mol. The molecule has 6 rings (SSSR count). The summed E-state index contributed by atoms with van der Waals surface area (Å²) in [5, 5.41) is 2.24. The molecule has 0 radical (unpaired) electrons. The van der Waals surface area contributed by atoms with Crippen molar-refractivity contribution in [1.29, 1.82) is 0 Å². The zero-order chi connectivity index (χ0) is 17.8. The standard InChI is InChI=1S/C24H15N3/c1-2-8-16(9-3-1)17-14-15-25-23-18-10-4-6-12-20(18)27-21-13-7-5-11-19(21)26-24(27)22(17)23/h1-15H. The largest absolute Gasteiger partial charge is 0.292 e. The molecular formula is C24H15N3. The monoisotopic (exact) mass is 345 g/mol. The van der Waals surface area contributed by atoms with Gasteiger partial charge in [0.05, 0.1) is 27.5 Å². The van der Waals surface area contributed by atoms with Crippen molar-refractivity contribution in [2.75, 3.05) is 0 Å². The van der Waals surface area contributed by atoms with E-state index in [1.165, 1.54) is 5.56 Å². The maximum absolute atomic E-state index is 5.00. The van der Waals surface area contributed by atoms with Crippen molar-refractivity contribution in [3.05, 3.63) is 91.1 Å². The smallest absolute Gasteiger partial charge is 0.148 e. The minimum atomic E-state index is 0.955. The molecule has 3 heterocycles. The van der Waals surface area contributed by atoms with Crippen molar-refractivity contribution in [3.8, 4) is 11.1 Å². The van der Waals surface area contributed by atoms with Gasteiger partial charge < -0.3 is 0 Å². The molecule has 0 aliphatic carbocycles. The van der Waals surface area contributed by atoms with Gasteiger partial charge in [-0.1, -0.05) is 60.7 Å². The molecule has 126 valence electrons.